The third-order valence-corrected chi connectivity index (χ3v) is 4.22. The number of para-hydroxylation sites is 1. The molecular formula is C16H14BrFO2. The molecule has 0 spiro atoms. The summed E-state index contributed by atoms with van der Waals surface area (Å²) in [5, 5.41) is 10.6. The lowest BCUT2D eigenvalue weighted by Crippen LogP contribution is -2.13. The largest absolute Gasteiger partial charge is 0.493 e. The van der Waals surface area contributed by atoms with Gasteiger partial charge >= 0.3 is 0 Å². The van der Waals surface area contributed by atoms with Crippen LogP contribution in [-0.2, 0) is 6.42 Å². The van der Waals surface area contributed by atoms with Crippen molar-refractivity contribution in [1.29, 1.82) is 0 Å². The predicted octanol–water partition coefficient (Wildman–Crippen LogP) is 3.99. The zero-order chi connectivity index (χ0) is 14.1. The first-order valence-corrected chi connectivity index (χ1v) is 7.34. The normalized spacial score (nSPS) is 15.3. The summed E-state index contributed by atoms with van der Waals surface area (Å²) in [5.41, 5.74) is 1.93. The molecule has 1 unspecified atom stereocenters. The number of rotatable bonds is 2. The Morgan fingerprint density at radius 1 is 1.20 bits per heavy atom. The minimum absolute atomic E-state index is 0.245. The number of fused-ring (bicyclic) bond motifs is 1. The maximum atomic E-state index is 14.0. The highest BCUT2D eigenvalue weighted by atomic mass is 79.9. The summed E-state index contributed by atoms with van der Waals surface area (Å²) in [4.78, 5) is 0. The third kappa shape index (κ3) is 2.34. The average molecular weight is 337 g/mol. The summed E-state index contributed by atoms with van der Waals surface area (Å²) >= 11 is 3.30. The van der Waals surface area contributed by atoms with Crippen molar-refractivity contribution in [2.75, 3.05) is 6.61 Å². The number of aliphatic hydroxyl groups excluding tert-OH is 1. The zero-order valence-corrected chi connectivity index (χ0v) is 12.4. The van der Waals surface area contributed by atoms with Gasteiger partial charge in [-0.3, -0.25) is 0 Å². The molecule has 1 aliphatic rings. The molecule has 0 aliphatic carbocycles. The molecule has 1 heterocycles. The van der Waals surface area contributed by atoms with Crippen molar-refractivity contribution in [3.8, 4) is 5.75 Å². The number of aliphatic hydroxyl groups is 1. The number of aryl methyl sites for hydroxylation is 1. The van der Waals surface area contributed by atoms with E-state index >= 15 is 0 Å². The summed E-state index contributed by atoms with van der Waals surface area (Å²) < 4.78 is 20.2. The van der Waals surface area contributed by atoms with Gasteiger partial charge in [0.25, 0.3) is 0 Å². The zero-order valence-electron chi connectivity index (χ0n) is 10.8. The van der Waals surface area contributed by atoms with Gasteiger partial charge in [-0.05, 0) is 30.5 Å². The highest BCUT2D eigenvalue weighted by molar-refractivity contribution is 9.10. The standard InChI is InChI=1S/C16H14BrFO2/c17-12-7-2-8-13(18)14(12)15(19)11-6-1-4-10-5-3-9-20-16(10)11/h1-2,4,6-8,15,19H,3,5,9H2. The van der Waals surface area contributed by atoms with Crippen molar-refractivity contribution in [2.45, 2.75) is 18.9 Å². The molecule has 1 atom stereocenters. The maximum Gasteiger partial charge on any atom is 0.130 e. The molecule has 3 rings (SSSR count). The molecule has 4 heteroatoms. The molecule has 0 amide bonds. The van der Waals surface area contributed by atoms with Crippen LogP contribution in [-0.4, -0.2) is 11.7 Å². The fourth-order valence-corrected chi connectivity index (χ4v) is 3.12. The van der Waals surface area contributed by atoms with Crippen LogP contribution in [0.15, 0.2) is 40.9 Å². The van der Waals surface area contributed by atoms with E-state index in [1.54, 1.807) is 18.2 Å². The van der Waals surface area contributed by atoms with Crippen LogP contribution in [0.1, 0.15) is 29.2 Å². The van der Waals surface area contributed by atoms with Crippen molar-refractivity contribution in [1.82, 2.24) is 0 Å². The predicted molar refractivity (Wildman–Crippen MR) is 78.4 cm³/mol. The van der Waals surface area contributed by atoms with E-state index in [4.69, 9.17) is 4.74 Å². The molecule has 0 fully saturated rings. The van der Waals surface area contributed by atoms with Crippen molar-refractivity contribution in [3.63, 3.8) is 0 Å². The van der Waals surface area contributed by atoms with Gasteiger partial charge in [-0.2, -0.15) is 0 Å². The molecule has 2 nitrogen and oxygen atoms in total. The Morgan fingerprint density at radius 2 is 2.00 bits per heavy atom. The van der Waals surface area contributed by atoms with Gasteiger partial charge in [-0.25, -0.2) is 4.39 Å². The van der Waals surface area contributed by atoms with Crippen molar-refractivity contribution >= 4 is 15.9 Å². The Morgan fingerprint density at radius 3 is 2.80 bits per heavy atom. The first-order chi connectivity index (χ1) is 9.68. The monoisotopic (exact) mass is 336 g/mol. The van der Waals surface area contributed by atoms with E-state index in [1.165, 1.54) is 6.07 Å². The Labute approximate surface area is 125 Å². The van der Waals surface area contributed by atoms with Gasteiger partial charge in [0.05, 0.1) is 6.61 Å². The number of hydrogen-bond donors (Lipinski definition) is 1. The molecule has 0 aromatic heterocycles. The van der Waals surface area contributed by atoms with Crippen molar-refractivity contribution in [2.24, 2.45) is 0 Å². The second kappa shape index (κ2) is 5.54. The van der Waals surface area contributed by atoms with Crippen LogP contribution in [0.2, 0.25) is 0 Å². The number of ether oxygens (including phenoxy) is 1. The molecule has 0 bridgehead atoms. The summed E-state index contributed by atoms with van der Waals surface area (Å²) in [6.45, 7) is 0.634. The number of benzene rings is 2. The molecule has 0 saturated heterocycles. The van der Waals surface area contributed by atoms with Gasteiger partial charge in [0.1, 0.15) is 17.7 Å². The van der Waals surface area contributed by atoms with E-state index in [0.717, 1.165) is 18.4 Å². The molecule has 20 heavy (non-hydrogen) atoms. The van der Waals surface area contributed by atoms with Gasteiger partial charge < -0.3 is 9.84 Å². The second-order valence-corrected chi connectivity index (χ2v) is 5.68. The van der Waals surface area contributed by atoms with Gasteiger partial charge in [-0.15, -0.1) is 0 Å². The average Bonchev–Trinajstić information content (AvgIpc) is 2.46. The second-order valence-electron chi connectivity index (χ2n) is 4.83. The van der Waals surface area contributed by atoms with Crippen LogP contribution >= 0.6 is 15.9 Å². The highest BCUT2D eigenvalue weighted by Crippen LogP contribution is 2.38. The summed E-state index contributed by atoms with van der Waals surface area (Å²) in [7, 11) is 0. The Hall–Kier alpha value is -1.39. The molecule has 2 aromatic rings. The quantitative estimate of drug-likeness (QED) is 0.898. The summed E-state index contributed by atoms with van der Waals surface area (Å²) in [6, 6.07) is 10.3. The fourth-order valence-electron chi connectivity index (χ4n) is 2.56. The lowest BCUT2D eigenvalue weighted by Gasteiger charge is -2.23. The van der Waals surface area contributed by atoms with E-state index in [1.807, 2.05) is 12.1 Å². The van der Waals surface area contributed by atoms with Gasteiger partial charge in [0.2, 0.25) is 0 Å². The van der Waals surface area contributed by atoms with E-state index in [0.29, 0.717) is 22.4 Å². The Bertz CT molecular complexity index is 622. The van der Waals surface area contributed by atoms with E-state index < -0.39 is 11.9 Å². The van der Waals surface area contributed by atoms with Crippen LogP contribution in [0.3, 0.4) is 0 Å². The van der Waals surface area contributed by atoms with Crippen LogP contribution in [0, 0.1) is 5.82 Å². The number of hydrogen-bond acceptors (Lipinski definition) is 2. The molecule has 104 valence electrons. The third-order valence-electron chi connectivity index (χ3n) is 3.53. The van der Waals surface area contributed by atoms with Gasteiger partial charge in [0.15, 0.2) is 0 Å². The fraction of sp³-hybridized carbons (Fsp3) is 0.250. The smallest absolute Gasteiger partial charge is 0.130 e. The summed E-state index contributed by atoms with van der Waals surface area (Å²) in [5.74, 6) is 0.265. The molecule has 1 aliphatic heterocycles. The minimum atomic E-state index is -1.04. The SMILES string of the molecule is OC(c1cccc2c1OCCC2)c1c(F)cccc1Br. The van der Waals surface area contributed by atoms with Crippen LogP contribution < -0.4 is 4.74 Å². The van der Waals surface area contributed by atoms with Gasteiger partial charge in [0, 0.05) is 15.6 Å². The van der Waals surface area contributed by atoms with E-state index in [2.05, 4.69) is 15.9 Å². The highest BCUT2D eigenvalue weighted by Gasteiger charge is 2.24. The van der Waals surface area contributed by atoms with Gasteiger partial charge in [-0.1, -0.05) is 40.2 Å². The Kier molecular flexibility index (Phi) is 3.76. The van der Waals surface area contributed by atoms with Crippen LogP contribution in [0.25, 0.3) is 0 Å². The lowest BCUT2D eigenvalue weighted by molar-refractivity contribution is 0.201. The first-order valence-electron chi connectivity index (χ1n) is 6.55. The summed E-state index contributed by atoms with van der Waals surface area (Å²) in [6.07, 6.45) is 0.850. The topological polar surface area (TPSA) is 29.5 Å². The molecular weight excluding hydrogens is 323 g/mol. The minimum Gasteiger partial charge on any atom is -0.493 e. The Balaban J connectivity index is 2.09. The van der Waals surface area contributed by atoms with Crippen LogP contribution in [0.4, 0.5) is 4.39 Å². The van der Waals surface area contributed by atoms with E-state index in [-0.39, 0.29) is 5.56 Å². The maximum absolute atomic E-state index is 14.0. The van der Waals surface area contributed by atoms with Crippen molar-refractivity contribution < 1.29 is 14.2 Å². The lowest BCUT2D eigenvalue weighted by atomic mass is 9.95. The molecule has 0 saturated carbocycles. The molecule has 2 aromatic carbocycles. The molecule has 1 N–H and O–H groups in total. The first kappa shape index (κ1) is 13.6. The number of halogens is 2. The van der Waals surface area contributed by atoms with Crippen molar-refractivity contribution in [3.05, 3.63) is 63.4 Å². The molecule has 0 radical (unpaired) electrons. The van der Waals surface area contributed by atoms with E-state index in [9.17, 15) is 9.50 Å². The van der Waals surface area contributed by atoms with Crippen LogP contribution in [0.5, 0.6) is 5.75 Å².